The topological polar surface area (TPSA) is 61.4 Å². The third-order valence-corrected chi connectivity index (χ3v) is 4.19. The zero-order valence-electron chi connectivity index (χ0n) is 12.4. The third-order valence-electron chi connectivity index (χ3n) is 4.19. The molecule has 1 fully saturated rings. The number of urea groups is 1. The second-order valence-electron chi connectivity index (χ2n) is 6.33. The molecule has 0 aliphatic heterocycles. The molecule has 0 spiro atoms. The van der Waals surface area contributed by atoms with E-state index in [1.165, 1.54) is 0 Å². The summed E-state index contributed by atoms with van der Waals surface area (Å²) in [5, 5.41) is 15.4. The van der Waals surface area contributed by atoms with Gasteiger partial charge in [0, 0.05) is 11.7 Å². The van der Waals surface area contributed by atoms with E-state index in [0.29, 0.717) is 5.69 Å². The molecule has 110 valence electrons. The Morgan fingerprint density at radius 1 is 1.45 bits per heavy atom. The van der Waals surface area contributed by atoms with Gasteiger partial charge in [-0.25, -0.2) is 4.79 Å². The highest BCUT2D eigenvalue weighted by molar-refractivity contribution is 5.89. The molecule has 2 rings (SSSR count). The molecular formula is C16H24N2O2. The van der Waals surface area contributed by atoms with Crippen molar-refractivity contribution in [2.45, 2.75) is 52.2 Å². The van der Waals surface area contributed by atoms with Crippen molar-refractivity contribution in [3.63, 3.8) is 0 Å². The molecule has 0 aromatic heterocycles. The van der Waals surface area contributed by atoms with E-state index in [0.717, 1.165) is 24.8 Å². The minimum atomic E-state index is -0.534. The second-order valence-corrected chi connectivity index (χ2v) is 6.33. The van der Waals surface area contributed by atoms with Gasteiger partial charge in [-0.2, -0.15) is 0 Å². The van der Waals surface area contributed by atoms with Crippen molar-refractivity contribution >= 4 is 11.7 Å². The summed E-state index contributed by atoms with van der Waals surface area (Å²) >= 11 is 0. The minimum absolute atomic E-state index is 0.165. The summed E-state index contributed by atoms with van der Waals surface area (Å²) in [6.07, 6.45) is 2.81. The maximum Gasteiger partial charge on any atom is 0.319 e. The number of nitrogens with one attached hydrogen (secondary N) is 2. The van der Waals surface area contributed by atoms with Gasteiger partial charge in [-0.3, -0.25) is 0 Å². The van der Waals surface area contributed by atoms with Gasteiger partial charge < -0.3 is 15.7 Å². The van der Waals surface area contributed by atoms with Crippen molar-refractivity contribution in [2.24, 2.45) is 5.41 Å². The fourth-order valence-corrected chi connectivity index (χ4v) is 2.80. The summed E-state index contributed by atoms with van der Waals surface area (Å²) < 4.78 is 0. The first-order chi connectivity index (χ1) is 9.38. The van der Waals surface area contributed by atoms with Crippen LogP contribution in [0.1, 0.15) is 51.7 Å². The molecule has 1 saturated carbocycles. The first-order valence-electron chi connectivity index (χ1n) is 7.24. The maximum atomic E-state index is 12.1. The van der Waals surface area contributed by atoms with E-state index < -0.39 is 6.10 Å². The fourth-order valence-electron chi connectivity index (χ4n) is 2.80. The summed E-state index contributed by atoms with van der Waals surface area (Å²) in [6.45, 7) is 6.10. The number of carbonyl (C=O) groups excluding carboxylic acids is 1. The smallest absolute Gasteiger partial charge is 0.319 e. The third kappa shape index (κ3) is 3.51. The van der Waals surface area contributed by atoms with E-state index in [1.54, 1.807) is 13.0 Å². The molecule has 1 aliphatic rings. The standard InChI is InChI=1S/C16H24N2O2/c1-11(19)12-6-4-7-13(10-12)17-15(20)18-14-8-5-9-16(14,2)3/h4,6-7,10-11,14,19H,5,8-9H2,1-3H3,(H2,17,18,20). The lowest BCUT2D eigenvalue weighted by Gasteiger charge is -2.27. The van der Waals surface area contributed by atoms with E-state index in [9.17, 15) is 9.90 Å². The Morgan fingerprint density at radius 2 is 2.20 bits per heavy atom. The number of anilines is 1. The lowest BCUT2D eigenvalue weighted by atomic mass is 9.87. The van der Waals surface area contributed by atoms with Gasteiger partial charge in [-0.1, -0.05) is 32.4 Å². The lowest BCUT2D eigenvalue weighted by molar-refractivity contribution is 0.199. The molecule has 0 saturated heterocycles. The number of amides is 2. The van der Waals surface area contributed by atoms with Crippen LogP contribution in [0.3, 0.4) is 0 Å². The van der Waals surface area contributed by atoms with Gasteiger partial charge in [0.25, 0.3) is 0 Å². The first kappa shape index (κ1) is 14.9. The van der Waals surface area contributed by atoms with Crippen LogP contribution in [0.2, 0.25) is 0 Å². The number of hydrogen-bond acceptors (Lipinski definition) is 2. The molecule has 0 bridgehead atoms. The second kappa shape index (κ2) is 5.83. The molecule has 1 aromatic rings. The predicted molar refractivity (Wildman–Crippen MR) is 80.7 cm³/mol. The molecule has 0 heterocycles. The Hall–Kier alpha value is -1.55. The fraction of sp³-hybridized carbons (Fsp3) is 0.562. The molecule has 0 radical (unpaired) electrons. The van der Waals surface area contributed by atoms with Gasteiger partial charge in [0.15, 0.2) is 0 Å². The monoisotopic (exact) mass is 276 g/mol. The van der Waals surface area contributed by atoms with Gasteiger partial charge in [-0.05, 0) is 42.9 Å². The number of aliphatic hydroxyl groups excluding tert-OH is 1. The van der Waals surface area contributed by atoms with Gasteiger partial charge in [0.1, 0.15) is 0 Å². The highest BCUT2D eigenvalue weighted by Crippen LogP contribution is 2.37. The Bertz CT molecular complexity index is 483. The molecule has 2 unspecified atom stereocenters. The normalized spacial score (nSPS) is 22.3. The average molecular weight is 276 g/mol. The molecule has 4 heteroatoms. The van der Waals surface area contributed by atoms with E-state index in [-0.39, 0.29) is 17.5 Å². The van der Waals surface area contributed by atoms with E-state index in [4.69, 9.17) is 0 Å². The summed E-state index contributed by atoms with van der Waals surface area (Å²) in [6, 6.07) is 7.34. The minimum Gasteiger partial charge on any atom is -0.389 e. The van der Waals surface area contributed by atoms with Crippen molar-refractivity contribution in [3.8, 4) is 0 Å². The Kier molecular flexibility index (Phi) is 4.33. The molecule has 3 N–H and O–H groups in total. The highest BCUT2D eigenvalue weighted by Gasteiger charge is 2.35. The number of aliphatic hydroxyl groups is 1. The molecule has 1 aromatic carbocycles. The largest absolute Gasteiger partial charge is 0.389 e. The lowest BCUT2D eigenvalue weighted by Crippen LogP contribution is -2.43. The molecule has 2 atom stereocenters. The molecule has 20 heavy (non-hydrogen) atoms. The van der Waals surface area contributed by atoms with Crippen molar-refractivity contribution < 1.29 is 9.90 Å². The maximum absolute atomic E-state index is 12.1. The summed E-state index contributed by atoms with van der Waals surface area (Å²) in [5.74, 6) is 0. The van der Waals surface area contributed by atoms with Crippen LogP contribution in [-0.4, -0.2) is 17.2 Å². The van der Waals surface area contributed by atoms with Crippen molar-refractivity contribution in [2.75, 3.05) is 5.32 Å². The highest BCUT2D eigenvalue weighted by atomic mass is 16.3. The number of hydrogen-bond donors (Lipinski definition) is 3. The number of rotatable bonds is 3. The van der Waals surface area contributed by atoms with Gasteiger partial charge in [0.2, 0.25) is 0 Å². The van der Waals surface area contributed by atoms with Crippen molar-refractivity contribution in [3.05, 3.63) is 29.8 Å². The number of carbonyl (C=O) groups is 1. The van der Waals surface area contributed by atoms with Gasteiger partial charge >= 0.3 is 6.03 Å². The SMILES string of the molecule is CC(O)c1cccc(NC(=O)NC2CCCC2(C)C)c1. The average Bonchev–Trinajstić information content (AvgIpc) is 2.69. The zero-order chi connectivity index (χ0) is 14.8. The van der Waals surface area contributed by atoms with Crippen molar-refractivity contribution in [1.82, 2.24) is 5.32 Å². The molecule has 4 nitrogen and oxygen atoms in total. The van der Waals surface area contributed by atoms with E-state index in [1.807, 2.05) is 18.2 Å². The molecular weight excluding hydrogens is 252 g/mol. The van der Waals surface area contributed by atoms with Crippen LogP contribution < -0.4 is 10.6 Å². The Labute approximate surface area is 120 Å². The molecule has 1 aliphatic carbocycles. The molecule has 2 amide bonds. The summed E-state index contributed by atoms with van der Waals surface area (Å²) in [5.41, 5.74) is 1.67. The Balaban J connectivity index is 1.96. The van der Waals surface area contributed by atoms with E-state index >= 15 is 0 Å². The van der Waals surface area contributed by atoms with Crippen LogP contribution >= 0.6 is 0 Å². The van der Waals surface area contributed by atoms with Crippen LogP contribution in [0.4, 0.5) is 10.5 Å². The zero-order valence-corrected chi connectivity index (χ0v) is 12.4. The van der Waals surface area contributed by atoms with Crippen LogP contribution in [-0.2, 0) is 0 Å². The predicted octanol–water partition coefficient (Wildman–Crippen LogP) is 3.44. The number of benzene rings is 1. The van der Waals surface area contributed by atoms with Crippen LogP contribution in [0.25, 0.3) is 0 Å². The quantitative estimate of drug-likeness (QED) is 0.792. The first-order valence-corrected chi connectivity index (χ1v) is 7.24. The summed E-state index contributed by atoms with van der Waals surface area (Å²) in [7, 11) is 0. The van der Waals surface area contributed by atoms with Crippen LogP contribution in [0.15, 0.2) is 24.3 Å². The Morgan fingerprint density at radius 3 is 2.80 bits per heavy atom. The van der Waals surface area contributed by atoms with Crippen LogP contribution in [0, 0.1) is 5.41 Å². The summed E-state index contributed by atoms with van der Waals surface area (Å²) in [4.78, 5) is 12.1. The van der Waals surface area contributed by atoms with Gasteiger partial charge in [-0.15, -0.1) is 0 Å². The van der Waals surface area contributed by atoms with Gasteiger partial charge in [0.05, 0.1) is 6.10 Å². The van der Waals surface area contributed by atoms with Crippen molar-refractivity contribution in [1.29, 1.82) is 0 Å². The van der Waals surface area contributed by atoms with Crippen LogP contribution in [0.5, 0.6) is 0 Å². The van der Waals surface area contributed by atoms with E-state index in [2.05, 4.69) is 24.5 Å².